The second-order valence-electron chi connectivity index (χ2n) is 6.01. The van der Waals surface area contributed by atoms with Crippen LogP contribution in [0.25, 0.3) is 11.4 Å². The second-order valence-corrected chi connectivity index (χ2v) is 6.01. The molecule has 0 atom stereocenters. The third-order valence-corrected chi connectivity index (χ3v) is 3.86. The van der Waals surface area contributed by atoms with Crippen LogP contribution < -0.4 is 0 Å². The molecule has 3 aromatic heterocycles. The van der Waals surface area contributed by atoms with Gasteiger partial charge in [-0.25, -0.2) is 0 Å². The van der Waals surface area contributed by atoms with Crippen molar-refractivity contribution in [3.63, 3.8) is 0 Å². The Kier molecular flexibility index (Phi) is 6.04. The highest BCUT2D eigenvalue weighted by Crippen LogP contribution is 2.14. The Morgan fingerprint density at radius 3 is 2.62 bits per heavy atom. The maximum atomic E-state index is 5.43. The lowest BCUT2D eigenvalue weighted by Crippen LogP contribution is -2.02. The van der Waals surface area contributed by atoms with E-state index in [0.717, 1.165) is 47.0 Å². The SMILES string of the molecule is C/C(=N\OCCCc1cccc(-c2ccccn2)n1)c1cccc(C)n1. The van der Waals surface area contributed by atoms with Crippen LogP contribution in [0.4, 0.5) is 0 Å². The highest BCUT2D eigenvalue weighted by molar-refractivity contribution is 5.96. The van der Waals surface area contributed by atoms with Crippen molar-refractivity contribution in [2.45, 2.75) is 26.7 Å². The van der Waals surface area contributed by atoms with Gasteiger partial charge in [-0.1, -0.05) is 23.4 Å². The number of hydrogen-bond acceptors (Lipinski definition) is 5. The maximum Gasteiger partial charge on any atom is 0.117 e. The number of oxime groups is 1. The number of rotatable bonds is 7. The summed E-state index contributed by atoms with van der Waals surface area (Å²) in [7, 11) is 0. The molecule has 132 valence electrons. The van der Waals surface area contributed by atoms with E-state index in [1.807, 2.05) is 68.4 Å². The molecule has 0 saturated carbocycles. The van der Waals surface area contributed by atoms with Crippen molar-refractivity contribution in [1.82, 2.24) is 15.0 Å². The maximum absolute atomic E-state index is 5.43. The van der Waals surface area contributed by atoms with Crippen molar-refractivity contribution in [3.8, 4) is 11.4 Å². The van der Waals surface area contributed by atoms with E-state index in [9.17, 15) is 0 Å². The van der Waals surface area contributed by atoms with Gasteiger partial charge in [0.25, 0.3) is 0 Å². The number of hydrogen-bond donors (Lipinski definition) is 0. The van der Waals surface area contributed by atoms with Crippen molar-refractivity contribution in [1.29, 1.82) is 0 Å². The van der Waals surface area contributed by atoms with Crippen molar-refractivity contribution >= 4 is 5.71 Å². The smallest absolute Gasteiger partial charge is 0.117 e. The molecular weight excluding hydrogens is 324 g/mol. The summed E-state index contributed by atoms with van der Waals surface area (Å²) in [5, 5.41) is 4.16. The lowest BCUT2D eigenvalue weighted by Gasteiger charge is -2.05. The Morgan fingerprint density at radius 2 is 1.81 bits per heavy atom. The molecule has 0 radical (unpaired) electrons. The van der Waals surface area contributed by atoms with Gasteiger partial charge in [-0.2, -0.15) is 0 Å². The van der Waals surface area contributed by atoms with Crippen LogP contribution in [0.15, 0.2) is 65.9 Å². The largest absolute Gasteiger partial charge is 0.396 e. The first-order chi connectivity index (χ1) is 12.7. The Bertz CT molecular complexity index is 878. The van der Waals surface area contributed by atoms with E-state index in [1.165, 1.54) is 0 Å². The summed E-state index contributed by atoms with van der Waals surface area (Å²) >= 11 is 0. The molecular formula is C21H22N4O. The second kappa shape index (κ2) is 8.85. The van der Waals surface area contributed by atoms with Crippen LogP contribution >= 0.6 is 0 Å². The third kappa shape index (κ3) is 4.96. The molecule has 0 bridgehead atoms. The number of aryl methyl sites for hydroxylation is 2. The summed E-state index contributed by atoms with van der Waals surface area (Å²) in [5.41, 5.74) is 5.40. The molecule has 0 amide bonds. The topological polar surface area (TPSA) is 60.3 Å². The fraction of sp³-hybridized carbons (Fsp3) is 0.238. The molecule has 0 unspecified atom stereocenters. The monoisotopic (exact) mass is 346 g/mol. The van der Waals surface area contributed by atoms with Crippen LogP contribution in [-0.4, -0.2) is 27.3 Å². The highest BCUT2D eigenvalue weighted by Gasteiger charge is 2.03. The summed E-state index contributed by atoms with van der Waals surface area (Å²) in [4.78, 5) is 18.9. The molecule has 3 aromatic rings. The minimum atomic E-state index is 0.540. The molecule has 0 spiro atoms. The lowest BCUT2D eigenvalue weighted by atomic mass is 10.2. The van der Waals surface area contributed by atoms with E-state index >= 15 is 0 Å². The van der Waals surface area contributed by atoms with Crippen LogP contribution in [0, 0.1) is 6.92 Å². The van der Waals surface area contributed by atoms with Gasteiger partial charge in [0, 0.05) is 17.6 Å². The molecule has 0 aliphatic heterocycles. The van der Waals surface area contributed by atoms with Crippen LogP contribution in [0.2, 0.25) is 0 Å². The van der Waals surface area contributed by atoms with Crippen molar-refractivity contribution in [2.75, 3.05) is 6.61 Å². The van der Waals surface area contributed by atoms with Gasteiger partial charge >= 0.3 is 0 Å². The first-order valence-electron chi connectivity index (χ1n) is 8.70. The van der Waals surface area contributed by atoms with Crippen molar-refractivity contribution in [2.24, 2.45) is 5.16 Å². The third-order valence-electron chi connectivity index (χ3n) is 3.86. The predicted molar refractivity (Wildman–Crippen MR) is 103 cm³/mol. The molecule has 26 heavy (non-hydrogen) atoms. The van der Waals surface area contributed by atoms with E-state index in [1.54, 1.807) is 6.20 Å². The average molecular weight is 346 g/mol. The van der Waals surface area contributed by atoms with Crippen LogP contribution in [0.5, 0.6) is 0 Å². The molecule has 5 heteroatoms. The fourth-order valence-electron chi connectivity index (χ4n) is 2.53. The van der Waals surface area contributed by atoms with Crippen LogP contribution in [-0.2, 0) is 11.3 Å². The van der Waals surface area contributed by atoms with Crippen molar-refractivity contribution in [3.05, 3.63) is 77.9 Å². The molecule has 0 aromatic carbocycles. The zero-order valence-corrected chi connectivity index (χ0v) is 15.1. The highest BCUT2D eigenvalue weighted by atomic mass is 16.6. The summed E-state index contributed by atoms with van der Waals surface area (Å²) < 4.78 is 0. The van der Waals surface area contributed by atoms with Gasteiger partial charge in [-0.15, -0.1) is 0 Å². The first kappa shape index (κ1) is 17.7. The van der Waals surface area contributed by atoms with Gasteiger partial charge in [0.05, 0.1) is 17.1 Å². The van der Waals surface area contributed by atoms with E-state index in [2.05, 4.69) is 20.1 Å². The summed E-state index contributed by atoms with van der Waals surface area (Å²) in [6.07, 6.45) is 3.45. The van der Waals surface area contributed by atoms with E-state index in [-0.39, 0.29) is 0 Å². The zero-order chi connectivity index (χ0) is 18.2. The van der Waals surface area contributed by atoms with E-state index in [4.69, 9.17) is 4.84 Å². The van der Waals surface area contributed by atoms with Crippen LogP contribution in [0.1, 0.15) is 30.4 Å². The van der Waals surface area contributed by atoms with E-state index < -0.39 is 0 Å². The minimum absolute atomic E-state index is 0.540. The van der Waals surface area contributed by atoms with Crippen molar-refractivity contribution < 1.29 is 4.84 Å². The standard InChI is InChI=1S/C21H22N4O/c1-16-8-5-12-19(23-16)17(2)25-26-15-7-10-18-9-6-13-21(24-18)20-11-3-4-14-22-20/h3-6,8-9,11-14H,7,10,15H2,1-2H3/b25-17+. The summed E-state index contributed by atoms with van der Waals surface area (Å²) in [5.74, 6) is 0. The van der Waals surface area contributed by atoms with Gasteiger partial charge in [0.2, 0.25) is 0 Å². The van der Waals surface area contributed by atoms with E-state index in [0.29, 0.717) is 6.61 Å². The average Bonchev–Trinajstić information content (AvgIpc) is 2.68. The normalized spacial score (nSPS) is 11.4. The minimum Gasteiger partial charge on any atom is -0.396 e. The molecule has 3 heterocycles. The van der Waals surface area contributed by atoms with Gasteiger partial charge in [0.1, 0.15) is 12.3 Å². The Hall–Kier alpha value is -3.08. The fourth-order valence-corrected chi connectivity index (χ4v) is 2.53. The predicted octanol–water partition coefficient (Wildman–Crippen LogP) is 4.22. The molecule has 0 aliphatic carbocycles. The van der Waals surface area contributed by atoms with Gasteiger partial charge in [0.15, 0.2) is 0 Å². The quantitative estimate of drug-likeness (QED) is 0.365. The molecule has 0 aliphatic rings. The van der Waals surface area contributed by atoms with Crippen LogP contribution in [0.3, 0.4) is 0 Å². The van der Waals surface area contributed by atoms with Gasteiger partial charge in [-0.05, 0) is 63.1 Å². The molecule has 5 nitrogen and oxygen atoms in total. The number of nitrogens with zero attached hydrogens (tertiary/aromatic N) is 4. The first-order valence-corrected chi connectivity index (χ1v) is 8.70. The molecule has 0 N–H and O–H groups in total. The Morgan fingerprint density at radius 1 is 0.962 bits per heavy atom. The Balaban J connectivity index is 1.50. The molecule has 0 saturated heterocycles. The summed E-state index contributed by atoms with van der Waals surface area (Å²) in [6, 6.07) is 17.7. The zero-order valence-electron chi connectivity index (χ0n) is 15.1. The lowest BCUT2D eigenvalue weighted by molar-refractivity contribution is 0.141. The molecule has 0 fully saturated rings. The molecule has 3 rings (SSSR count). The number of aromatic nitrogens is 3. The van der Waals surface area contributed by atoms with Gasteiger partial charge in [-0.3, -0.25) is 15.0 Å². The van der Waals surface area contributed by atoms with Gasteiger partial charge < -0.3 is 4.84 Å². The Labute approximate surface area is 153 Å². The summed E-state index contributed by atoms with van der Waals surface area (Å²) in [6.45, 7) is 4.40. The number of pyridine rings is 3.